The van der Waals surface area contributed by atoms with Crippen molar-refractivity contribution in [1.82, 2.24) is 4.90 Å². The van der Waals surface area contributed by atoms with Gasteiger partial charge in [0.25, 0.3) is 0 Å². The molecule has 2 atom stereocenters. The molecule has 0 N–H and O–H groups in total. The monoisotopic (exact) mass is 395 g/mol. The first-order chi connectivity index (χ1) is 14.1. The van der Waals surface area contributed by atoms with Crippen LogP contribution < -0.4 is 4.74 Å². The van der Waals surface area contributed by atoms with Gasteiger partial charge in [-0.05, 0) is 42.5 Å². The van der Waals surface area contributed by atoms with Gasteiger partial charge in [0, 0.05) is 5.92 Å². The predicted molar refractivity (Wildman–Crippen MR) is 112 cm³/mol. The zero-order valence-corrected chi connectivity index (χ0v) is 17.2. The summed E-state index contributed by atoms with van der Waals surface area (Å²) < 4.78 is 10.9. The van der Waals surface area contributed by atoms with Gasteiger partial charge >= 0.3 is 6.09 Å². The average molecular weight is 395 g/mol. The fourth-order valence-corrected chi connectivity index (χ4v) is 3.50. The summed E-state index contributed by atoms with van der Waals surface area (Å²) in [7, 11) is 0. The van der Waals surface area contributed by atoms with Crippen molar-refractivity contribution in [2.75, 3.05) is 13.2 Å². The van der Waals surface area contributed by atoms with Crippen LogP contribution in [0.2, 0.25) is 0 Å². The summed E-state index contributed by atoms with van der Waals surface area (Å²) in [5.41, 5.74) is 2.13. The van der Waals surface area contributed by atoms with Gasteiger partial charge < -0.3 is 9.47 Å². The lowest BCUT2D eigenvalue weighted by Gasteiger charge is -2.23. The van der Waals surface area contributed by atoms with Crippen LogP contribution in [-0.4, -0.2) is 36.2 Å². The summed E-state index contributed by atoms with van der Waals surface area (Å²) in [5, 5.41) is 0. The lowest BCUT2D eigenvalue weighted by molar-refractivity contribution is -0.132. The van der Waals surface area contributed by atoms with E-state index in [0.29, 0.717) is 19.4 Å². The zero-order valence-electron chi connectivity index (χ0n) is 17.2. The second kappa shape index (κ2) is 10.1. The van der Waals surface area contributed by atoms with Crippen molar-refractivity contribution in [3.8, 4) is 5.75 Å². The fourth-order valence-electron chi connectivity index (χ4n) is 3.50. The topological polar surface area (TPSA) is 55.8 Å². The van der Waals surface area contributed by atoms with Gasteiger partial charge in [0.15, 0.2) is 0 Å². The highest BCUT2D eigenvalue weighted by molar-refractivity contribution is 5.94. The van der Waals surface area contributed by atoms with Gasteiger partial charge in [-0.1, -0.05) is 62.7 Å². The van der Waals surface area contributed by atoms with Crippen LogP contribution in [0.1, 0.15) is 37.8 Å². The van der Waals surface area contributed by atoms with Crippen molar-refractivity contribution in [3.05, 3.63) is 65.7 Å². The smallest absolute Gasteiger partial charge is 0.416 e. The van der Waals surface area contributed by atoms with Gasteiger partial charge in [0.2, 0.25) is 5.91 Å². The van der Waals surface area contributed by atoms with E-state index >= 15 is 0 Å². The van der Waals surface area contributed by atoms with Gasteiger partial charge in [0.05, 0.1) is 12.6 Å². The standard InChI is InChI=1S/C24H29NO4/c1-3-4-14-28-22-12-10-20(11-13-22)15-18(2)23(26)25-21(17-29-24(25)27)16-19-8-6-5-7-9-19/h5-13,18,21H,3-4,14-17H2,1-2H3/t18-,21-/m0/s1. The molecule has 1 aliphatic heterocycles. The van der Waals surface area contributed by atoms with Crippen molar-refractivity contribution in [1.29, 1.82) is 0 Å². The van der Waals surface area contributed by atoms with Crippen LogP contribution >= 0.6 is 0 Å². The molecular formula is C24H29NO4. The minimum atomic E-state index is -0.539. The molecule has 1 saturated heterocycles. The summed E-state index contributed by atoms with van der Waals surface area (Å²) in [5.74, 6) is 0.342. The molecule has 1 heterocycles. The Morgan fingerprint density at radius 1 is 1.14 bits per heavy atom. The van der Waals surface area contributed by atoms with Crippen LogP contribution in [0.4, 0.5) is 4.79 Å². The first-order valence-corrected chi connectivity index (χ1v) is 10.3. The maximum atomic E-state index is 13.0. The summed E-state index contributed by atoms with van der Waals surface area (Å²) in [4.78, 5) is 26.5. The highest BCUT2D eigenvalue weighted by Gasteiger charge is 2.39. The normalized spacial score (nSPS) is 17.1. The maximum absolute atomic E-state index is 13.0. The van der Waals surface area contributed by atoms with Crippen molar-refractivity contribution in [3.63, 3.8) is 0 Å². The number of cyclic esters (lactones) is 1. The predicted octanol–water partition coefficient (Wildman–Crippen LogP) is 4.63. The van der Waals surface area contributed by atoms with Crippen molar-refractivity contribution < 1.29 is 19.1 Å². The van der Waals surface area contributed by atoms with E-state index in [1.807, 2.05) is 61.5 Å². The van der Waals surface area contributed by atoms with Crippen molar-refractivity contribution in [2.45, 2.75) is 45.6 Å². The summed E-state index contributed by atoms with van der Waals surface area (Å²) in [6.45, 7) is 4.95. The SMILES string of the molecule is CCCCOc1ccc(C[C@H](C)C(=O)N2C(=O)OC[C@@H]2Cc2ccccc2)cc1. The highest BCUT2D eigenvalue weighted by atomic mass is 16.6. The van der Waals surface area contributed by atoms with E-state index in [0.717, 1.165) is 29.7 Å². The van der Waals surface area contributed by atoms with Gasteiger partial charge in [-0.15, -0.1) is 0 Å². The molecule has 3 rings (SSSR count). The molecule has 1 aliphatic rings. The Balaban J connectivity index is 1.60. The third-order valence-corrected chi connectivity index (χ3v) is 5.17. The molecule has 1 fully saturated rings. The number of carbonyl (C=O) groups excluding carboxylic acids is 2. The Labute approximate surface area is 172 Å². The third-order valence-electron chi connectivity index (χ3n) is 5.17. The first-order valence-electron chi connectivity index (χ1n) is 10.3. The molecule has 0 bridgehead atoms. The van der Waals surface area contributed by atoms with E-state index in [2.05, 4.69) is 6.92 Å². The molecule has 2 amide bonds. The van der Waals surface area contributed by atoms with E-state index in [-0.39, 0.29) is 24.5 Å². The van der Waals surface area contributed by atoms with E-state index in [9.17, 15) is 9.59 Å². The number of benzene rings is 2. The van der Waals surface area contributed by atoms with Gasteiger partial charge in [0.1, 0.15) is 12.4 Å². The number of carbonyl (C=O) groups is 2. The zero-order chi connectivity index (χ0) is 20.6. The van der Waals surface area contributed by atoms with Crippen LogP contribution in [0.3, 0.4) is 0 Å². The summed E-state index contributed by atoms with van der Waals surface area (Å²) in [6.07, 6.45) is 2.76. The number of rotatable bonds is 9. The Morgan fingerprint density at radius 2 is 1.86 bits per heavy atom. The number of imide groups is 1. The van der Waals surface area contributed by atoms with Crippen molar-refractivity contribution >= 4 is 12.0 Å². The summed E-state index contributed by atoms with van der Waals surface area (Å²) >= 11 is 0. The average Bonchev–Trinajstić information content (AvgIpc) is 3.09. The summed E-state index contributed by atoms with van der Waals surface area (Å²) in [6, 6.07) is 17.4. The molecule has 0 unspecified atom stereocenters. The Kier molecular flexibility index (Phi) is 7.28. The van der Waals surface area contributed by atoms with Gasteiger partial charge in [-0.2, -0.15) is 0 Å². The van der Waals surface area contributed by atoms with E-state index in [1.54, 1.807) is 0 Å². The molecule has 29 heavy (non-hydrogen) atoms. The highest BCUT2D eigenvalue weighted by Crippen LogP contribution is 2.22. The van der Waals surface area contributed by atoms with E-state index in [1.165, 1.54) is 4.90 Å². The largest absolute Gasteiger partial charge is 0.494 e. The molecule has 2 aromatic carbocycles. The Morgan fingerprint density at radius 3 is 2.55 bits per heavy atom. The van der Waals surface area contributed by atoms with Crippen LogP contribution in [-0.2, 0) is 22.4 Å². The first kappa shape index (κ1) is 20.9. The molecule has 0 saturated carbocycles. The molecule has 0 aliphatic carbocycles. The number of hydrogen-bond acceptors (Lipinski definition) is 4. The number of amides is 2. The minimum Gasteiger partial charge on any atom is -0.494 e. The van der Waals surface area contributed by atoms with Crippen molar-refractivity contribution in [2.24, 2.45) is 5.92 Å². The van der Waals surface area contributed by atoms with Crippen LogP contribution in [0.5, 0.6) is 5.75 Å². The second-order valence-corrected chi connectivity index (χ2v) is 7.58. The number of hydrogen-bond donors (Lipinski definition) is 0. The quantitative estimate of drug-likeness (QED) is 0.581. The molecule has 154 valence electrons. The van der Waals surface area contributed by atoms with E-state index in [4.69, 9.17) is 9.47 Å². The number of nitrogens with zero attached hydrogens (tertiary/aromatic N) is 1. The lowest BCUT2D eigenvalue weighted by Crippen LogP contribution is -2.43. The molecular weight excluding hydrogens is 366 g/mol. The van der Waals surface area contributed by atoms with E-state index < -0.39 is 6.09 Å². The molecule has 0 spiro atoms. The van der Waals surface area contributed by atoms with Crippen LogP contribution in [0, 0.1) is 5.92 Å². The van der Waals surface area contributed by atoms with Crippen LogP contribution in [0.25, 0.3) is 0 Å². The molecule has 5 heteroatoms. The fraction of sp³-hybridized carbons (Fsp3) is 0.417. The second-order valence-electron chi connectivity index (χ2n) is 7.58. The lowest BCUT2D eigenvalue weighted by atomic mass is 9.98. The number of ether oxygens (including phenoxy) is 2. The molecule has 5 nitrogen and oxygen atoms in total. The van der Waals surface area contributed by atoms with Crippen LogP contribution in [0.15, 0.2) is 54.6 Å². The maximum Gasteiger partial charge on any atom is 0.416 e. The Bertz CT molecular complexity index is 803. The third kappa shape index (κ3) is 5.59. The Hall–Kier alpha value is -2.82. The molecule has 0 aromatic heterocycles. The van der Waals surface area contributed by atoms with Gasteiger partial charge in [-0.25, -0.2) is 9.69 Å². The molecule has 2 aromatic rings. The molecule has 0 radical (unpaired) electrons. The van der Waals surface area contributed by atoms with Gasteiger partial charge in [-0.3, -0.25) is 4.79 Å². The minimum absolute atomic E-state index is 0.184. The number of unbranched alkanes of at least 4 members (excludes halogenated alkanes) is 1.